The zero-order valence-electron chi connectivity index (χ0n) is 14.7. The maximum Gasteiger partial charge on any atom is 0.416 e. The first kappa shape index (κ1) is 18.0. The fourth-order valence-electron chi connectivity index (χ4n) is 3.67. The Labute approximate surface area is 154 Å². The first-order valence-corrected chi connectivity index (χ1v) is 9.13. The van der Waals surface area contributed by atoms with Crippen molar-refractivity contribution < 1.29 is 18.0 Å². The molecule has 8 heteroatoms. The zero-order chi connectivity index (χ0) is 19.2. The second kappa shape index (κ2) is 6.67. The number of hydrogen-bond donors (Lipinski definition) is 1. The number of carbonyl (C=O) groups excluding carboxylic acids is 1. The van der Waals surface area contributed by atoms with Gasteiger partial charge in [0.05, 0.1) is 28.7 Å². The Morgan fingerprint density at radius 2 is 2.04 bits per heavy atom. The molecule has 1 saturated heterocycles. The lowest BCUT2D eigenvalue weighted by Crippen LogP contribution is -2.30. The molecule has 1 aliphatic carbocycles. The summed E-state index contributed by atoms with van der Waals surface area (Å²) in [6.07, 6.45) is -0.226. The summed E-state index contributed by atoms with van der Waals surface area (Å²) in [7, 11) is 0. The highest BCUT2D eigenvalue weighted by Crippen LogP contribution is 2.43. The quantitative estimate of drug-likeness (QED) is 0.889. The van der Waals surface area contributed by atoms with Crippen LogP contribution in [0.1, 0.15) is 46.8 Å². The Morgan fingerprint density at radius 3 is 2.67 bits per heavy atom. The highest BCUT2D eigenvalue weighted by molar-refractivity contribution is 5.95. The largest absolute Gasteiger partial charge is 0.416 e. The van der Waals surface area contributed by atoms with Gasteiger partial charge in [-0.1, -0.05) is 6.07 Å². The molecule has 1 aromatic carbocycles. The zero-order valence-corrected chi connectivity index (χ0v) is 14.7. The van der Waals surface area contributed by atoms with E-state index in [9.17, 15) is 18.0 Å². The number of halogens is 3. The van der Waals surface area contributed by atoms with Crippen LogP contribution in [-0.2, 0) is 6.18 Å². The molecular weight excluding hydrogens is 357 g/mol. The molecule has 2 aliphatic rings. The van der Waals surface area contributed by atoms with E-state index in [4.69, 9.17) is 5.73 Å². The van der Waals surface area contributed by atoms with Crippen molar-refractivity contribution in [3.63, 3.8) is 0 Å². The van der Waals surface area contributed by atoms with E-state index in [0.29, 0.717) is 36.8 Å². The van der Waals surface area contributed by atoms with E-state index < -0.39 is 11.7 Å². The van der Waals surface area contributed by atoms with Crippen molar-refractivity contribution in [3.05, 3.63) is 47.3 Å². The number of carbonyl (C=O) groups is 1. The van der Waals surface area contributed by atoms with E-state index in [1.807, 2.05) is 0 Å². The van der Waals surface area contributed by atoms with Gasteiger partial charge in [-0.15, -0.1) is 0 Å². The molecule has 0 spiro atoms. The number of amides is 1. The molecule has 1 atom stereocenters. The first-order chi connectivity index (χ1) is 12.9. The van der Waals surface area contributed by atoms with Gasteiger partial charge in [0.1, 0.15) is 0 Å². The van der Waals surface area contributed by atoms with Crippen molar-refractivity contribution in [1.29, 1.82) is 0 Å². The predicted molar refractivity (Wildman–Crippen MR) is 93.6 cm³/mol. The van der Waals surface area contributed by atoms with Gasteiger partial charge in [-0.05, 0) is 49.9 Å². The molecule has 144 valence electrons. The third-order valence-corrected chi connectivity index (χ3v) is 5.33. The molecule has 5 nitrogen and oxygen atoms in total. The first-order valence-electron chi connectivity index (χ1n) is 9.13. The maximum atomic E-state index is 13.1. The summed E-state index contributed by atoms with van der Waals surface area (Å²) >= 11 is 0. The molecule has 27 heavy (non-hydrogen) atoms. The van der Waals surface area contributed by atoms with Crippen LogP contribution in [0, 0.1) is 5.92 Å². The number of benzene rings is 1. The molecule has 1 aliphatic heterocycles. The molecule has 1 unspecified atom stereocenters. The Hall–Kier alpha value is -2.35. The van der Waals surface area contributed by atoms with E-state index in [0.717, 1.165) is 37.1 Å². The third kappa shape index (κ3) is 3.45. The summed E-state index contributed by atoms with van der Waals surface area (Å²) in [6.45, 7) is 1.82. The molecule has 1 amide bonds. The predicted octanol–water partition coefficient (Wildman–Crippen LogP) is 3.19. The van der Waals surface area contributed by atoms with Crippen LogP contribution >= 0.6 is 0 Å². The number of hydrogen-bond acceptors (Lipinski definition) is 3. The van der Waals surface area contributed by atoms with Gasteiger partial charge < -0.3 is 10.6 Å². The fourth-order valence-corrected chi connectivity index (χ4v) is 3.67. The van der Waals surface area contributed by atoms with Gasteiger partial charge in [0.25, 0.3) is 5.91 Å². The molecule has 2 N–H and O–H groups in total. The molecule has 4 rings (SSSR count). The maximum absolute atomic E-state index is 13.1. The highest BCUT2D eigenvalue weighted by Gasteiger charge is 2.36. The Kier molecular flexibility index (Phi) is 4.46. The Morgan fingerprint density at radius 1 is 1.26 bits per heavy atom. The summed E-state index contributed by atoms with van der Waals surface area (Å²) in [5.41, 5.74) is 6.52. The molecule has 0 bridgehead atoms. The smallest absolute Gasteiger partial charge is 0.338 e. The minimum absolute atomic E-state index is 0.105. The Bertz CT molecular complexity index is 857. The standard InChI is InChI=1S/C19H21F3N4O/c20-19(21,22)14-2-1-3-15(8-14)26-17(13-4-5-13)16(10-24-26)18(27)25-7-6-12(9-23)11-25/h1-3,8,10,12-13H,4-7,9,11,23H2. The van der Waals surface area contributed by atoms with E-state index in [2.05, 4.69) is 5.10 Å². The number of rotatable bonds is 4. The number of nitrogens with two attached hydrogens (primary N) is 1. The second-order valence-corrected chi connectivity index (χ2v) is 7.32. The normalized spacial score (nSPS) is 20.3. The lowest BCUT2D eigenvalue weighted by atomic mass is 10.1. The average molecular weight is 378 g/mol. The number of likely N-dealkylation sites (tertiary alicyclic amines) is 1. The van der Waals surface area contributed by atoms with Gasteiger partial charge in [-0.25, -0.2) is 4.68 Å². The molecule has 1 saturated carbocycles. The molecular formula is C19H21F3N4O. The van der Waals surface area contributed by atoms with Crippen molar-refractivity contribution in [2.75, 3.05) is 19.6 Å². The van der Waals surface area contributed by atoms with Gasteiger partial charge in [-0.3, -0.25) is 4.79 Å². The van der Waals surface area contributed by atoms with Crippen molar-refractivity contribution >= 4 is 5.91 Å². The molecule has 2 fully saturated rings. The van der Waals surface area contributed by atoms with Crippen molar-refractivity contribution in [2.45, 2.75) is 31.4 Å². The lowest BCUT2D eigenvalue weighted by molar-refractivity contribution is -0.137. The molecule has 1 aromatic heterocycles. The van der Waals surface area contributed by atoms with Crippen molar-refractivity contribution in [1.82, 2.24) is 14.7 Å². The monoisotopic (exact) mass is 378 g/mol. The van der Waals surface area contributed by atoms with E-state index in [-0.39, 0.29) is 11.8 Å². The fraction of sp³-hybridized carbons (Fsp3) is 0.474. The average Bonchev–Trinajstić information content (AvgIpc) is 3.21. The Balaban J connectivity index is 1.69. The molecule has 0 radical (unpaired) electrons. The number of alkyl halides is 3. The SMILES string of the molecule is NCC1CCN(C(=O)c2cnn(-c3cccc(C(F)(F)F)c3)c2C2CC2)C1. The summed E-state index contributed by atoms with van der Waals surface area (Å²) in [4.78, 5) is 14.8. The van der Waals surface area contributed by atoms with Crippen LogP contribution in [0.15, 0.2) is 30.5 Å². The van der Waals surface area contributed by atoms with Crippen LogP contribution in [0.4, 0.5) is 13.2 Å². The summed E-state index contributed by atoms with van der Waals surface area (Å²) < 4.78 is 40.7. The third-order valence-electron chi connectivity index (χ3n) is 5.33. The second-order valence-electron chi connectivity index (χ2n) is 7.32. The minimum atomic E-state index is -4.42. The summed E-state index contributed by atoms with van der Waals surface area (Å²) in [5, 5.41) is 4.28. The van der Waals surface area contributed by atoms with E-state index in [1.165, 1.54) is 16.9 Å². The van der Waals surface area contributed by atoms with Crippen molar-refractivity contribution in [2.24, 2.45) is 11.7 Å². The van der Waals surface area contributed by atoms with Gasteiger partial charge in [0.2, 0.25) is 0 Å². The topological polar surface area (TPSA) is 64.2 Å². The molecule has 2 aromatic rings. The van der Waals surface area contributed by atoms with Gasteiger partial charge in [0.15, 0.2) is 0 Å². The lowest BCUT2D eigenvalue weighted by Gasteiger charge is -2.17. The van der Waals surface area contributed by atoms with Crippen LogP contribution in [-0.4, -0.2) is 40.2 Å². The summed E-state index contributed by atoms with van der Waals surface area (Å²) in [5.74, 6) is 0.358. The van der Waals surface area contributed by atoms with E-state index >= 15 is 0 Å². The van der Waals surface area contributed by atoms with Gasteiger partial charge in [0, 0.05) is 19.0 Å². The van der Waals surface area contributed by atoms with Crippen LogP contribution in [0.3, 0.4) is 0 Å². The van der Waals surface area contributed by atoms with Crippen molar-refractivity contribution in [3.8, 4) is 5.69 Å². The van der Waals surface area contributed by atoms with Crippen LogP contribution < -0.4 is 5.73 Å². The number of aromatic nitrogens is 2. The highest BCUT2D eigenvalue weighted by atomic mass is 19.4. The minimum Gasteiger partial charge on any atom is -0.338 e. The van der Waals surface area contributed by atoms with Gasteiger partial charge >= 0.3 is 6.18 Å². The number of nitrogens with zero attached hydrogens (tertiary/aromatic N) is 3. The molecule has 2 heterocycles. The van der Waals surface area contributed by atoms with Gasteiger partial charge in [-0.2, -0.15) is 18.3 Å². The van der Waals surface area contributed by atoms with E-state index in [1.54, 1.807) is 11.0 Å². The van der Waals surface area contributed by atoms with Crippen LogP contribution in [0.5, 0.6) is 0 Å². The summed E-state index contributed by atoms with van der Waals surface area (Å²) in [6, 6.07) is 5.06. The van der Waals surface area contributed by atoms with Crippen LogP contribution in [0.2, 0.25) is 0 Å². The van der Waals surface area contributed by atoms with Crippen LogP contribution in [0.25, 0.3) is 5.69 Å².